The normalized spacial score (nSPS) is 15.1. The summed E-state index contributed by atoms with van der Waals surface area (Å²) in [5.74, 6) is -0.399. The van der Waals surface area contributed by atoms with E-state index in [1.165, 1.54) is 11.3 Å². The summed E-state index contributed by atoms with van der Waals surface area (Å²) in [4.78, 5) is 20.7. The summed E-state index contributed by atoms with van der Waals surface area (Å²) >= 11 is 1.49. The van der Waals surface area contributed by atoms with Gasteiger partial charge in [-0.05, 0) is 18.6 Å². The second-order valence-corrected chi connectivity index (χ2v) is 8.46. The maximum Gasteiger partial charge on any atom is 0.262 e. The summed E-state index contributed by atoms with van der Waals surface area (Å²) in [6.07, 6.45) is 1.65. The molecule has 6 nitrogen and oxygen atoms in total. The van der Waals surface area contributed by atoms with Crippen LogP contribution in [0, 0.1) is 11.3 Å². The molecule has 0 saturated carbocycles. The fourth-order valence-corrected chi connectivity index (χ4v) is 4.57. The minimum Gasteiger partial charge on any atom is -0.378 e. The number of carbonyl (C=O) groups excluding carboxylic acids is 1. The molecule has 0 radical (unpaired) electrons. The Bertz CT molecular complexity index is 1130. The third kappa shape index (κ3) is 5.05. The molecule has 2 heterocycles. The molecule has 1 atom stereocenters. The van der Waals surface area contributed by atoms with Crippen molar-refractivity contribution >= 4 is 28.5 Å². The number of morpholine rings is 1. The lowest BCUT2D eigenvalue weighted by atomic mass is 10.1. The molecule has 0 aliphatic carbocycles. The number of nitriles is 1. The van der Waals surface area contributed by atoms with Gasteiger partial charge in [0.05, 0.1) is 29.8 Å². The summed E-state index contributed by atoms with van der Waals surface area (Å²) in [7, 11) is 0. The zero-order valence-corrected chi connectivity index (χ0v) is 18.6. The topological polar surface area (TPSA) is 78.2 Å². The van der Waals surface area contributed by atoms with Gasteiger partial charge < -0.3 is 15.0 Å². The standard InChI is InChI=1S/C25H24N4O2S/c1-18(19-8-4-2-5-9-19)27-24(30)21(17-26)16-22-23(20-10-6-3-7-11-20)28-25(32-22)29-12-14-31-15-13-29/h2-11,16,18H,12-15H2,1H3,(H,27,30)/b21-16+. The zero-order valence-electron chi connectivity index (χ0n) is 17.8. The first-order valence-electron chi connectivity index (χ1n) is 10.5. The van der Waals surface area contributed by atoms with Gasteiger partial charge in [0.15, 0.2) is 5.13 Å². The Morgan fingerprint density at radius 1 is 1.16 bits per heavy atom. The largest absolute Gasteiger partial charge is 0.378 e. The summed E-state index contributed by atoms with van der Waals surface area (Å²) in [5.41, 5.74) is 2.76. The molecule has 2 aromatic carbocycles. The number of amides is 1. The molecule has 7 heteroatoms. The Hall–Kier alpha value is -3.47. The van der Waals surface area contributed by atoms with Crippen LogP contribution in [0.1, 0.15) is 23.4 Å². The number of aromatic nitrogens is 1. The van der Waals surface area contributed by atoms with E-state index in [-0.39, 0.29) is 11.6 Å². The Labute approximate surface area is 191 Å². The minimum absolute atomic E-state index is 0.0575. The smallest absolute Gasteiger partial charge is 0.262 e. The fourth-order valence-electron chi connectivity index (χ4n) is 3.49. The van der Waals surface area contributed by atoms with Crippen LogP contribution in [0.25, 0.3) is 17.3 Å². The Kier molecular flexibility index (Phi) is 6.95. The van der Waals surface area contributed by atoms with Crippen molar-refractivity contribution < 1.29 is 9.53 Å². The molecule has 32 heavy (non-hydrogen) atoms. The molecular weight excluding hydrogens is 420 g/mol. The number of nitrogens with one attached hydrogen (secondary N) is 1. The highest BCUT2D eigenvalue weighted by Crippen LogP contribution is 2.35. The Balaban J connectivity index is 1.64. The maximum atomic E-state index is 12.9. The van der Waals surface area contributed by atoms with Crippen LogP contribution < -0.4 is 10.2 Å². The first-order valence-corrected chi connectivity index (χ1v) is 11.3. The first-order chi connectivity index (χ1) is 15.7. The third-order valence-corrected chi connectivity index (χ3v) is 6.32. The Morgan fingerprint density at radius 3 is 2.47 bits per heavy atom. The molecule has 3 aromatic rings. The second kappa shape index (κ2) is 10.2. The van der Waals surface area contributed by atoms with Gasteiger partial charge in [-0.15, -0.1) is 0 Å². The summed E-state index contributed by atoms with van der Waals surface area (Å²) < 4.78 is 5.46. The maximum absolute atomic E-state index is 12.9. The number of hydrogen-bond acceptors (Lipinski definition) is 6. The van der Waals surface area contributed by atoms with Gasteiger partial charge >= 0.3 is 0 Å². The van der Waals surface area contributed by atoms with E-state index in [1.54, 1.807) is 6.08 Å². The van der Waals surface area contributed by atoms with E-state index in [0.29, 0.717) is 13.2 Å². The van der Waals surface area contributed by atoms with Gasteiger partial charge in [-0.1, -0.05) is 72.0 Å². The molecule has 0 bridgehead atoms. The zero-order chi connectivity index (χ0) is 22.3. The van der Waals surface area contributed by atoms with Crippen molar-refractivity contribution in [2.75, 3.05) is 31.2 Å². The van der Waals surface area contributed by atoms with Crippen molar-refractivity contribution in [2.45, 2.75) is 13.0 Å². The summed E-state index contributed by atoms with van der Waals surface area (Å²) in [5, 5.41) is 13.5. The molecule has 1 N–H and O–H groups in total. The molecular formula is C25H24N4O2S. The molecule has 1 saturated heterocycles. The Morgan fingerprint density at radius 2 is 1.81 bits per heavy atom. The van der Waals surface area contributed by atoms with Crippen molar-refractivity contribution in [3.05, 3.63) is 76.7 Å². The van der Waals surface area contributed by atoms with Gasteiger partial charge in [0, 0.05) is 18.7 Å². The van der Waals surface area contributed by atoms with E-state index in [4.69, 9.17) is 9.72 Å². The SMILES string of the molecule is CC(NC(=O)/C(C#N)=C/c1sc(N2CCOCC2)nc1-c1ccccc1)c1ccccc1. The highest BCUT2D eigenvalue weighted by atomic mass is 32.1. The van der Waals surface area contributed by atoms with E-state index >= 15 is 0 Å². The number of benzene rings is 2. The second-order valence-electron chi connectivity index (χ2n) is 7.45. The number of thiazole rings is 1. The van der Waals surface area contributed by atoms with Crippen molar-refractivity contribution in [1.29, 1.82) is 5.26 Å². The van der Waals surface area contributed by atoms with E-state index in [1.807, 2.05) is 67.6 Å². The molecule has 1 unspecified atom stereocenters. The minimum atomic E-state index is -0.399. The van der Waals surface area contributed by atoms with Gasteiger partial charge in [0.1, 0.15) is 11.6 Å². The quantitative estimate of drug-likeness (QED) is 0.449. The molecule has 162 valence electrons. The highest BCUT2D eigenvalue weighted by molar-refractivity contribution is 7.17. The number of rotatable bonds is 6. The predicted molar refractivity (Wildman–Crippen MR) is 127 cm³/mol. The van der Waals surface area contributed by atoms with E-state index < -0.39 is 5.91 Å². The number of anilines is 1. The number of carbonyl (C=O) groups is 1. The van der Waals surface area contributed by atoms with E-state index in [0.717, 1.165) is 39.9 Å². The number of hydrogen-bond donors (Lipinski definition) is 1. The average molecular weight is 445 g/mol. The van der Waals surface area contributed by atoms with Crippen LogP contribution in [0.2, 0.25) is 0 Å². The van der Waals surface area contributed by atoms with Crippen LogP contribution in [0.4, 0.5) is 5.13 Å². The lowest BCUT2D eigenvalue weighted by Gasteiger charge is -2.26. The summed E-state index contributed by atoms with van der Waals surface area (Å²) in [6, 6.07) is 21.4. The van der Waals surface area contributed by atoms with Crippen molar-refractivity contribution in [3.63, 3.8) is 0 Å². The third-order valence-electron chi connectivity index (χ3n) is 5.26. The van der Waals surface area contributed by atoms with Crippen LogP contribution in [0.5, 0.6) is 0 Å². The molecule has 1 aliphatic rings. The van der Waals surface area contributed by atoms with Gasteiger partial charge in [-0.2, -0.15) is 5.26 Å². The number of nitrogens with zero attached hydrogens (tertiary/aromatic N) is 3. The van der Waals surface area contributed by atoms with Gasteiger partial charge in [-0.3, -0.25) is 4.79 Å². The van der Waals surface area contributed by atoms with Crippen LogP contribution in [0.15, 0.2) is 66.2 Å². The molecule has 1 fully saturated rings. The fraction of sp³-hybridized carbons (Fsp3) is 0.240. The molecule has 1 aliphatic heterocycles. The van der Waals surface area contributed by atoms with Crippen molar-refractivity contribution in [2.24, 2.45) is 0 Å². The van der Waals surface area contributed by atoms with Crippen LogP contribution in [-0.4, -0.2) is 37.2 Å². The number of ether oxygens (including phenoxy) is 1. The van der Waals surface area contributed by atoms with Crippen LogP contribution in [0.3, 0.4) is 0 Å². The van der Waals surface area contributed by atoms with Crippen molar-refractivity contribution in [3.8, 4) is 17.3 Å². The van der Waals surface area contributed by atoms with E-state index in [9.17, 15) is 10.1 Å². The lowest BCUT2D eigenvalue weighted by Crippen LogP contribution is -2.36. The van der Waals surface area contributed by atoms with Crippen molar-refractivity contribution in [1.82, 2.24) is 10.3 Å². The van der Waals surface area contributed by atoms with Crippen LogP contribution >= 0.6 is 11.3 Å². The van der Waals surface area contributed by atoms with Gasteiger partial charge in [-0.25, -0.2) is 4.98 Å². The van der Waals surface area contributed by atoms with E-state index in [2.05, 4.69) is 16.3 Å². The molecule has 1 aromatic heterocycles. The monoisotopic (exact) mass is 444 g/mol. The van der Waals surface area contributed by atoms with Crippen LogP contribution in [-0.2, 0) is 9.53 Å². The summed E-state index contributed by atoms with van der Waals surface area (Å²) in [6.45, 7) is 4.76. The predicted octanol–water partition coefficient (Wildman–Crippen LogP) is 4.43. The molecule has 0 spiro atoms. The van der Waals surface area contributed by atoms with Gasteiger partial charge in [0.25, 0.3) is 5.91 Å². The first kappa shape index (κ1) is 21.8. The molecule has 1 amide bonds. The lowest BCUT2D eigenvalue weighted by molar-refractivity contribution is -0.117. The molecule has 4 rings (SSSR count). The average Bonchev–Trinajstić information content (AvgIpc) is 3.28. The van der Waals surface area contributed by atoms with Gasteiger partial charge in [0.2, 0.25) is 0 Å². The highest BCUT2D eigenvalue weighted by Gasteiger charge is 2.21.